The Labute approximate surface area is 158 Å². The molecule has 0 aromatic rings. The van der Waals surface area contributed by atoms with E-state index in [0.29, 0.717) is 12.8 Å². The summed E-state index contributed by atoms with van der Waals surface area (Å²) >= 11 is 0. The molecule has 0 spiro atoms. The van der Waals surface area contributed by atoms with Crippen LogP contribution in [0.15, 0.2) is 24.3 Å². The normalized spacial score (nSPS) is 22.2. The maximum Gasteiger partial charge on any atom is 0.303 e. The van der Waals surface area contributed by atoms with Crippen LogP contribution in [-0.4, -0.2) is 28.1 Å². The lowest BCUT2D eigenvalue weighted by molar-refractivity contribution is -0.137. The first-order chi connectivity index (χ1) is 12.5. The quantitative estimate of drug-likeness (QED) is 0.339. The summed E-state index contributed by atoms with van der Waals surface area (Å²) in [5, 5.41) is 18.9. The first-order valence-corrected chi connectivity index (χ1v) is 10.2. The minimum absolute atomic E-state index is 0.0824. The van der Waals surface area contributed by atoms with Gasteiger partial charge in [-0.05, 0) is 50.5 Å². The highest BCUT2D eigenvalue weighted by atomic mass is 16.4. The molecule has 26 heavy (non-hydrogen) atoms. The third-order valence-corrected chi connectivity index (χ3v) is 5.39. The predicted molar refractivity (Wildman–Crippen MR) is 105 cm³/mol. The average molecular weight is 365 g/mol. The molecule has 0 saturated heterocycles. The van der Waals surface area contributed by atoms with Crippen LogP contribution in [0.1, 0.15) is 78.1 Å². The molecule has 0 radical (unpaired) electrons. The van der Waals surface area contributed by atoms with Crippen molar-refractivity contribution in [1.82, 2.24) is 0 Å². The van der Waals surface area contributed by atoms with Gasteiger partial charge in [-0.3, -0.25) is 9.59 Å². The monoisotopic (exact) mass is 364 g/mol. The number of hydrogen-bond acceptors (Lipinski definition) is 3. The van der Waals surface area contributed by atoms with Crippen LogP contribution in [0.4, 0.5) is 0 Å². The second-order valence-electron chi connectivity index (χ2n) is 7.55. The van der Waals surface area contributed by atoms with Crippen molar-refractivity contribution in [3.8, 4) is 0 Å². The third kappa shape index (κ3) is 8.31. The molecule has 0 amide bonds. The minimum Gasteiger partial charge on any atom is -0.481 e. The molecule has 148 valence electrons. The molecule has 4 atom stereocenters. The molecule has 0 saturated carbocycles. The Morgan fingerprint density at radius 3 is 2.58 bits per heavy atom. The fourth-order valence-corrected chi connectivity index (χ4v) is 3.84. The van der Waals surface area contributed by atoms with Gasteiger partial charge in [-0.1, -0.05) is 57.3 Å². The summed E-state index contributed by atoms with van der Waals surface area (Å²) in [6.07, 6.45) is 16.4. The molecule has 1 rings (SSSR count). The number of hydrogen-bond donors (Lipinski definition) is 2. The largest absolute Gasteiger partial charge is 0.481 e. The van der Waals surface area contributed by atoms with Gasteiger partial charge in [-0.2, -0.15) is 0 Å². The Kier molecular flexibility index (Phi) is 11.2. The topological polar surface area (TPSA) is 74.6 Å². The average Bonchev–Trinajstić information content (AvgIpc) is 2.94. The van der Waals surface area contributed by atoms with Crippen molar-refractivity contribution in [1.29, 1.82) is 0 Å². The van der Waals surface area contributed by atoms with Gasteiger partial charge in [0.05, 0.1) is 6.10 Å². The van der Waals surface area contributed by atoms with E-state index in [1.54, 1.807) is 6.08 Å². The van der Waals surface area contributed by atoms with Crippen LogP contribution in [0, 0.1) is 17.8 Å². The van der Waals surface area contributed by atoms with Crippen LogP contribution in [0.25, 0.3) is 0 Å². The molecule has 4 nitrogen and oxygen atoms in total. The van der Waals surface area contributed by atoms with E-state index in [2.05, 4.69) is 6.92 Å². The fourth-order valence-electron chi connectivity index (χ4n) is 3.84. The van der Waals surface area contributed by atoms with Crippen LogP contribution in [-0.2, 0) is 9.59 Å². The maximum atomic E-state index is 12.3. The number of carbonyl (C=O) groups excluding carboxylic acids is 1. The number of carbonyl (C=O) groups is 2. The van der Waals surface area contributed by atoms with Crippen molar-refractivity contribution in [3.05, 3.63) is 24.3 Å². The zero-order valence-corrected chi connectivity index (χ0v) is 16.4. The summed E-state index contributed by atoms with van der Waals surface area (Å²) in [5.41, 5.74) is 0. The highest BCUT2D eigenvalue weighted by Gasteiger charge is 2.36. The zero-order chi connectivity index (χ0) is 19.4. The number of allylic oxidation sites excluding steroid dienone is 4. The van der Waals surface area contributed by atoms with E-state index < -0.39 is 12.1 Å². The zero-order valence-electron chi connectivity index (χ0n) is 16.4. The third-order valence-electron chi connectivity index (χ3n) is 5.39. The molecule has 4 heteroatoms. The molecule has 2 N–H and O–H groups in total. The van der Waals surface area contributed by atoms with Crippen LogP contribution in [0.3, 0.4) is 0 Å². The lowest BCUT2D eigenvalue weighted by Gasteiger charge is -2.29. The van der Waals surface area contributed by atoms with Crippen LogP contribution < -0.4 is 0 Å². The number of ketones is 1. The van der Waals surface area contributed by atoms with Crippen LogP contribution in [0.5, 0.6) is 0 Å². The van der Waals surface area contributed by atoms with Gasteiger partial charge in [0.1, 0.15) is 0 Å². The molecular formula is C22H36O4. The molecule has 1 aliphatic carbocycles. The fraction of sp³-hybridized carbons (Fsp3) is 0.727. The summed E-state index contributed by atoms with van der Waals surface area (Å²) in [5.74, 6) is -0.461. The lowest BCUT2D eigenvalue weighted by Crippen LogP contribution is -2.30. The van der Waals surface area contributed by atoms with Crippen molar-refractivity contribution in [2.75, 3.05) is 0 Å². The molecule has 1 aliphatic rings. The molecule has 0 aromatic heterocycles. The summed E-state index contributed by atoms with van der Waals surface area (Å²) in [6.45, 7) is 4.04. The van der Waals surface area contributed by atoms with Gasteiger partial charge in [0, 0.05) is 12.3 Å². The minimum atomic E-state index is -0.771. The number of rotatable bonds is 14. The van der Waals surface area contributed by atoms with Gasteiger partial charge in [0.15, 0.2) is 5.78 Å². The second-order valence-corrected chi connectivity index (χ2v) is 7.55. The number of aliphatic hydroxyl groups is 1. The first-order valence-electron chi connectivity index (χ1n) is 10.2. The van der Waals surface area contributed by atoms with E-state index in [4.69, 9.17) is 5.11 Å². The molecule has 2 unspecified atom stereocenters. The summed E-state index contributed by atoms with van der Waals surface area (Å²) in [7, 11) is 0. The van der Waals surface area contributed by atoms with Crippen molar-refractivity contribution >= 4 is 11.8 Å². The number of aliphatic carboxylic acids is 1. The van der Waals surface area contributed by atoms with Crippen molar-refractivity contribution in [2.45, 2.75) is 84.2 Å². The van der Waals surface area contributed by atoms with E-state index in [1.807, 2.05) is 25.2 Å². The highest BCUT2D eigenvalue weighted by Crippen LogP contribution is 2.36. The Hall–Kier alpha value is -1.42. The van der Waals surface area contributed by atoms with Gasteiger partial charge in [0.2, 0.25) is 0 Å². The summed E-state index contributed by atoms with van der Waals surface area (Å²) in [4.78, 5) is 22.8. The first kappa shape index (κ1) is 22.6. The number of carboxylic acid groups (broad SMARTS) is 1. The number of aliphatic hydroxyl groups excluding tert-OH is 1. The van der Waals surface area contributed by atoms with E-state index in [-0.39, 0.29) is 30.0 Å². The van der Waals surface area contributed by atoms with Gasteiger partial charge in [-0.15, -0.1) is 0 Å². The molecule has 0 aromatic carbocycles. The highest BCUT2D eigenvalue weighted by molar-refractivity contribution is 5.94. The molecular weight excluding hydrogens is 328 g/mol. The Bertz CT molecular complexity index is 479. The van der Waals surface area contributed by atoms with Crippen LogP contribution >= 0.6 is 0 Å². The van der Waals surface area contributed by atoms with Crippen molar-refractivity contribution < 1.29 is 19.8 Å². The SMILES string of the molecule is CCCCCCCC(C(C)O)[C@H]1C=CC(=O)[C@@H]1CC=CCCCC(=O)O. The van der Waals surface area contributed by atoms with Crippen molar-refractivity contribution in [2.24, 2.45) is 17.8 Å². The Morgan fingerprint density at radius 2 is 1.92 bits per heavy atom. The standard InChI is InChI=1S/C22H36O4/c1-3-4-5-6-9-12-18(17(2)23)19-15-16-21(24)20(19)13-10-7-8-11-14-22(25)26/h7,10,15-20,23H,3-6,8-9,11-14H2,1-2H3,(H,25,26)/t17?,18?,19-,20-/m1/s1. The molecule has 0 aliphatic heterocycles. The van der Waals surface area contributed by atoms with E-state index in [9.17, 15) is 14.7 Å². The smallest absolute Gasteiger partial charge is 0.303 e. The van der Waals surface area contributed by atoms with Gasteiger partial charge in [0.25, 0.3) is 0 Å². The summed E-state index contributed by atoms with van der Waals surface area (Å²) < 4.78 is 0. The Balaban J connectivity index is 2.51. The maximum absolute atomic E-state index is 12.3. The van der Waals surface area contributed by atoms with E-state index in [1.165, 1.54) is 25.7 Å². The lowest BCUT2D eigenvalue weighted by atomic mass is 9.76. The van der Waals surface area contributed by atoms with Crippen molar-refractivity contribution in [3.63, 3.8) is 0 Å². The van der Waals surface area contributed by atoms with E-state index in [0.717, 1.165) is 19.3 Å². The van der Waals surface area contributed by atoms with Gasteiger partial charge >= 0.3 is 5.97 Å². The van der Waals surface area contributed by atoms with Gasteiger partial charge in [-0.25, -0.2) is 0 Å². The predicted octanol–water partition coefficient (Wildman–Crippen LogP) is 4.92. The molecule has 0 heterocycles. The number of carboxylic acids is 1. The Morgan fingerprint density at radius 1 is 1.19 bits per heavy atom. The summed E-state index contributed by atoms with van der Waals surface area (Å²) in [6, 6.07) is 0. The second kappa shape index (κ2) is 12.9. The van der Waals surface area contributed by atoms with E-state index >= 15 is 0 Å². The van der Waals surface area contributed by atoms with Crippen LogP contribution in [0.2, 0.25) is 0 Å². The molecule has 0 fully saturated rings. The number of unbranched alkanes of at least 4 members (excludes halogenated alkanes) is 5. The molecule has 0 bridgehead atoms. The van der Waals surface area contributed by atoms with Gasteiger partial charge < -0.3 is 10.2 Å².